The lowest BCUT2D eigenvalue weighted by Crippen LogP contribution is -2.51. The molecule has 2 heterocycles. The summed E-state index contributed by atoms with van der Waals surface area (Å²) < 4.78 is 0. The van der Waals surface area contributed by atoms with Crippen LogP contribution in [0.3, 0.4) is 0 Å². The van der Waals surface area contributed by atoms with E-state index in [0.29, 0.717) is 13.1 Å². The summed E-state index contributed by atoms with van der Waals surface area (Å²) in [6.07, 6.45) is 5.01. The predicted octanol–water partition coefficient (Wildman–Crippen LogP) is 0.554. The van der Waals surface area contributed by atoms with Crippen molar-refractivity contribution >= 4 is 5.97 Å². The van der Waals surface area contributed by atoms with Gasteiger partial charge in [0, 0.05) is 31.7 Å². The maximum atomic E-state index is 10.6. The molecule has 1 aliphatic rings. The maximum Gasteiger partial charge on any atom is 0.309 e. The van der Waals surface area contributed by atoms with Gasteiger partial charge in [0.15, 0.2) is 0 Å². The number of carboxylic acid groups (broad SMARTS) is 1. The van der Waals surface area contributed by atoms with Crippen LogP contribution in [-0.4, -0.2) is 39.0 Å². The topological polar surface area (TPSA) is 66.3 Å². The van der Waals surface area contributed by atoms with Crippen LogP contribution in [-0.2, 0) is 4.79 Å². The molecule has 0 radical (unpaired) electrons. The van der Waals surface area contributed by atoms with Crippen molar-refractivity contribution in [2.45, 2.75) is 13.0 Å². The zero-order valence-corrected chi connectivity index (χ0v) is 8.50. The molecule has 5 heteroatoms. The number of likely N-dealkylation sites (tertiary alicyclic amines) is 1. The zero-order valence-electron chi connectivity index (χ0n) is 8.50. The third-order valence-corrected chi connectivity index (χ3v) is 2.82. The van der Waals surface area contributed by atoms with E-state index in [1.165, 1.54) is 0 Å². The lowest BCUT2D eigenvalue weighted by molar-refractivity contribution is -0.148. The minimum Gasteiger partial charge on any atom is -0.481 e. The molecule has 80 valence electrons. The van der Waals surface area contributed by atoms with Gasteiger partial charge in [0.25, 0.3) is 0 Å². The van der Waals surface area contributed by atoms with Gasteiger partial charge in [-0.2, -0.15) is 0 Å². The standard InChI is InChI=1S/C10H13N3O2/c1-7(9-4-11-2-3-12-9)13-5-8(6-13)10(14)15/h2-4,7-8H,5-6H2,1H3,(H,14,15)/t7-/m0/s1. The molecule has 2 rings (SSSR count). The van der Waals surface area contributed by atoms with E-state index in [-0.39, 0.29) is 12.0 Å². The van der Waals surface area contributed by atoms with E-state index in [1.807, 2.05) is 6.92 Å². The molecule has 1 aromatic heterocycles. The van der Waals surface area contributed by atoms with Crippen LogP contribution in [0.15, 0.2) is 18.6 Å². The van der Waals surface area contributed by atoms with Crippen molar-refractivity contribution in [2.24, 2.45) is 5.92 Å². The molecule has 1 fully saturated rings. The van der Waals surface area contributed by atoms with Crippen molar-refractivity contribution in [1.29, 1.82) is 0 Å². The SMILES string of the molecule is C[C@@H](c1cnccn1)N1CC(C(=O)O)C1. The van der Waals surface area contributed by atoms with Gasteiger partial charge in [-0.1, -0.05) is 0 Å². The first kappa shape index (κ1) is 10.0. The molecule has 1 aliphatic heterocycles. The highest BCUT2D eigenvalue weighted by Crippen LogP contribution is 2.26. The third-order valence-electron chi connectivity index (χ3n) is 2.82. The van der Waals surface area contributed by atoms with Crippen LogP contribution in [0.5, 0.6) is 0 Å². The lowest BCUT2D eigenvalue weighted by atomic mass is 9.97. The Morgan fingerprint density at radius 2 is 2.33 bits per heavy atom. The fraction of sp³-hybridized carbons (Fsp3) is 0.500. The second-order valence-corrected chi connectivity index (χ2v) is 3.80. The average molecular weight is 207 g/mol. The Morgan fingerprint density at radius 1 is 1.60 bits per heavy atom. The third kappa shape index (κ3) is 1.97. The molecule has 15 heavy (non-hydrogen) atoms. The quantitative estimate of drug-likeness (QED) is 0.784. The lowest BCUT2D eigenvalue weighted by Gasteiger charge is -2.40. The van der Waals surface area contributed by atoms with Gasteiger partial charge in [0.05, 0.1) is 17.7 Å². The van der Waals surface area contributed by atoms with Gasteiger partial charge in [0.1, 0.15) is 0 Å². The number of rotatable bonds is 3. The maximum absolute atomic E-state index is 10.6. The summed E-state index contributed by atoms with van der Waals surface area (Å²) in [5.41, 5.74) is 0.890. The number of aromatic nitrogens is 2. The second-order valence-electron chi connectivity index (χ2n) is 3.80. The number of carbonyl (C=O) groups is 1. The van der Waals surface area contributed by atoms with Gasteiger partial charge in [-0.05, 0) is 6.92 Å². The molecule has 1 aromatic rings. The minimum absolute atomic E-state index is 0.147. The molecule has 0 unspecified atom stereocenters. The fourth-order valence-electron chi connectivity index (χ4n) is 1.70. The van der Waals surface area contributed by atoms with E-state index < -0.39 is 5.97 Å². The van der Waals surface area contributed by atoms with Crippen molar-refractivity contribution in [3.05, 3.63) is 24.3 Å². The van der Waals surface area contributed by atoms with Gasteiger partial charge in [-0.15, -0.1) is 0 Å². The van der Waals surface area contributed by atoms with Crippen molar-refractivity contribution in [2.75, 3.05) is 13.1 Å². The van der Waals surface area contributed by atoms with Crippen LogP contribution in [0.2, 0.25) is 0 Å². The first-order valence-corrected chi connectivity index (χ1v) is 4.91. The van der Waals surface area contributed by atoms with E-state index in [9.17, 15) is 4.79 Å². The number of carboxylic acids is 1. The number of aliphatic carboxylic acids is 1. The first-order chi connectivity index (χ1) is 7.18. The van der Waals surface area contributed by atoms with Gasteiger partial charge >= 0.3 is 5.97 Å². The van der Waals surface area contributed by atoms with Crippen LogP contribution in [0, 0.1) is 5.92 Å². The van der Waals surface area contributed by atoms with E-state index >= 15 is 0 Å². The monoisotopic (exact) mass is 207 g/mol. The van der Waals surface area contributed by atoms with Gasteiger partial charge < -0.3 is 5.11 Å². The van der Waals surface area contributed by atoms with Gasteiger partial charge in [0.2, 0.25) is 0 Å². The molecule has 0 aliphatic carbocycles. The van der Waals surface area contributed by atoms with Crippen LogP contribution >= 0.6 is 0 Å². The minimum atomic E-state index is -0.711. The van der Waals surface area contributed by atoms with Crippen LogP contribution in [0.4, 0.5) is 0 Å². The van der Waals surface area contributed by atoms with E-state index in [1.54, 1.807) is 18.6 Å². The summed E-state index contributed by atoms with van der Waals surface area (Å²) in [7, 11) is 0. The number of hydrogen-bond donors (Lipinski definition) is 1. The molecular weight excluding hydrogens is 194 g/mol. The molecule has 5 nitrogen and oxygen atoms in total. The Labute approximate surface area is 87.8 Å². The predicted molar refractivity (Wildman–Crippen MR) is 53.1 cm³/mol. The summed E-state index contributed by atoms with van der Waals surface area (Å²) in [4.78, 5) is 20.9. The van der Waals surface area contributed by atoms with E-state index in [4.69, 9.17) is 5.11 Å². The first-order valence-electron chi connectivity index (χ1n) is 4.91. The molecule has 0 saturated carbocycles. The summed E-state index contributed by atoms with van der Waals surface area (Å²) in [6.45, 7) is 3.22. The van der Waals surface area contributed by atoms with Crippen molar-refractivity contribution in [1.82, 2.24) is 14.9 Å². The fourth-order valence-corrected chi connectivity index (χ4v) is 1.70. The molecule has 0 bridgehead atoms. The van der Waals surface area contributed by atoms with Crippen LogP contribution < -0.4 is 0 Å². The summed E-state index contributed by atoms with van der Waals surface area (Å²) in [5.74, 6) is -0.929. The molecule has 1 N–H and O–H groups in total. The van der Waals surface area contributed by atoms with Gasteiger partial charge in [-0.25, -0.2) is 0 Å². The highest BCUT2D eigenvalue weighted by atomic mass is 16.4. The highest BCUT2D eigenvalue weighted by molar-refractivity contribution is 5.71. The second kappa shape index (κ2) is 3.94. The Kier molecular flexibility index (Phi) is 2.64. The van der Waals surface area contributed by atoms with Crippen molar-refractivity contribution in [3.63, 3.8) is 0 Å². The Bertz CT molecular complexity index is 349. The van der Waals surface area contributed by atoms with Crippen LogP contribution in [0.1, 0.15) is 18.7 Å². The Morgan fingerprint density at radius 3 is 2.87 bits per heavy atom. The number of nitrogens with zero attached hydrogens (tertiary/aromatic N) is 3. The van der Waals surface area contributed by atoms with E-state index in [2.05, 4.69) is 14.9 Å². The molecule has 0 aromatic carbocycles. The zero-order chi connectivity index (χ0) is 10.8. The largest absolute Gasteiger partial charge is 0.481 e. The molecule has 0 amide bonds. The Balaban J connectivity index is 1.95. The van der Waals surface area contributed by atoms with E-state index in [0.717, 1.165) is 5.69 Å². The molecule has 1 atom stereocenters. The van der Waals surface area contributed by atoms with Crippen molar-refractivity contribution in [3.8, 4) is 0 Å². The normalized spacial score (nSPS) is 19.5. The highest BCUT2D eigenvalue weighted by Gasteiger charge is 2.35. The van der Waals surface area contributed by atoms with Crippen LogP contribution in [0.25, 0.3) is 0 Å². The summed E-state index contributed by atoms with van der Waals surface area (Å²) in [5, 5.41) is 8.75. The van der Waals surface area contributed by atoms with Gasteiger partial charge in [-0.3, -0.25) is 19.7 Å². The summed E-state index contributed by atoms with van der Waals surface area (Å²) in [6, 6.07) is 0.147. The number of hydrogen-bond acceptors (Lipinski definition) is 4. The molecular formula is C10H13N3O2. The van der Waals surface area contributed by atoms with Crippen molar-refractivity contribution < 1.29 is 9.90 Å². The summed E-state index contributed by atoms with van der Waals surface area (Å²) >= 11 is 0. The molecule has 0 spiro atoms. The molecule has 1 saturated heterocycles. The average Bonchev–Trinajstić information content (AvgIpc) is 2.16. The smallest absolute Gasteiger partial charge is 0.309 e. The Hall–Kier alpha value is -1.49.